The van der Waals surface area contributed by atoms with Crippen molar-refractivity contribution in [1.82, 2.24) is 9.97 Å². The number of nitrogens with one attached hydrogen (secondary N) is 1. The lowest BCUT2D eigenvalue weighted by atomic mass is 10.3. The van der Waals surface area contributed by atoms with Gasteiger partial charge in [0.1, 0.15) is 29.5 Å². The van der Waals surface area contributed by atoms with Crippen LogP contribution in [0, 0.1) is 0 Å². The number of nitrogen functional groups attached to an aromatic ring is 1. The minimum absolute atomic E-state index is 0.544. The summed E-state index contributed by atoms with van der Waals surface area (Å²) in [6, 6.07) is 9.29. The van der Waals surface area contributed by atoms with Crippen molar-refractivity contribution >= 4 is 23.3 Å². The molecule has 0 saturated carbocycles. The van der Waals surface area contributed by atoms with E-state index in [1.165, 1.54) is 0 Å². The number of benzene rings is 1. The fourth-order valence-electron chi connectivity index (χ4n) is 1.50. The number of nitrogens with zero attached hydrogens (tertiary/aromatic N) is 2. The molecule has 0 saturated heterocycles. The Labute approximate surface area is 116 Å². The molecular formula is C13H16N4OS. The van der Waals surface area contributed by atoms with Gasteiger partial charge in [0, 0.05) is 17.8 Å². The molecule has 19 heavy (non-hydrogen) atoms. The minimum Gasteiger partial charge on any atom is -0.492 e. The molecule has 1 heterocycles. The molecule has 0 bridgehead atoms. The molecule has 0 atom stereocenters. The number of aromatic nitrogens is 2. The first-order chi connectivity index (χ1) is 9.28. The lowest BCUT2D eigenvalue weighted by Gasteiger charge is -2.08. The summed E-state index contributed by atoms with van der Waals surface area (Å²) < 4.78 is 5.57. The molecule has 0 aliphatic heterocycles. The largest absolute Gasteiger partial charge is 0.492 e. The lowest BCUT2D eigenvalue weighted by Crippen LogP contribution is -2.12. The summed E-state index contributed by atoms with van der Waals surface area (Å²) in [6.45, 7) is 1.21. The number of thioether (sulfide) groups is 1. The van der Waals surface area contributed by atoms with Crippen molar-refractivity contribution in [2.45, 2.75) is 5.03 Å². The van der Waals surface area contributed by atoms with Crippen LogP contribution in [0.15, 0.2) is 41.7 Å². The van der Waals surface area contributed by atoms with E-state index in [1.807, 2.05) is 30.5 Å². The maximum absolute atomic E-state index is 5.67. The highest BCUT2D eigenvalue weighted by molar-refractivity contribution is 7.98. The van der Waals surface area contributed by atoms with E-state index >= 15 is 0 Å². The Kier molecular flexibility index (Phi) is 4.85. The molecule has 0 unspecified atom stereocenters. The minimum atomic E-state index is 0.544. The van der Waals surface area contributed by atoms with E-state index in [9.17, 15) is 0 Å². The normalized spacial score (nSPS) is 10.2. The molecule has 0 spiro atoms. The van der Waals surface area contributed by atoms with Gasteiger partial charge in [0.05, 0.1) is 6.54 Å². The van der Waals surface area contributed by atoms with Crippen LogP contribution < -0.4 is 15.8 Å². The van der Waals surface area contributed by atoms with Crippen LogP contribution in [0.3, 0.4) is 0 Å². The number of rotatable bonds is 6. The predicted molar refractivity (Wildman–Crippen MR) is 78.7 cm³/mol. The van der Waals surface area contributed by atoms with E-state index in [2.05, 4.69) is 15.3 Å². The van der Waals surface area contributed by atoms with Crippen LogP contribution in [0.5, 0.6) is 5.75 Å². The molecule has 1 aromatic heterocycles. The van der Waals surface area contributed by atoms with Gasteiger partial charge in [0.2, 0.25) is 0 Å². The monoisotopic (exact) mass is 276 g/mol. The number of hydrogen-bond donors (Lipinski definition) is 2. The standard InChI is InChI=1S/C13H16N4OS/c1-19-13-8-12(16-9-17-13)15-5-6-18-11-4-2-3-10(14)7-11/h2-4,7-9H,5-6,14H2,1H3,(H,15,16,17). The van der Waals surface area contributed by atoms with E-state index in [-0.39, 0.29) is 0 Å². The Morgan fingerprint density at radius 3 is 3.00 bits per heavy atom. The van der Waals surface area contributed by atoms with Gasteiger partial charge < -0.3 is 15.8 Å². The zero-order valence-electron chi connectivity index (χ0n) is 10.7. The second-order valence-corrected chi connectivity index (χ2v) is 4.62. The fourth-order valence-corrected chi connectivity index (χ4v) is 1.88. The smallest absolute Gasteiger partial charge is 0.130 e. The van der Waals surface area contributed by atoms with Gasteiger partial charge in [-0.15, -0.1) is 11.8 Å². The number of ether oxygens (including phenoxy) is 1. The van der Waals surface area contributed by atoms with Crippen molar-refractivity contribution in [2.75, 3.05) is 30.5 Å². The topological polar surface area (TPSA) is 73.1 Å². The Morgan fingerprint density at radius 2 is 2.21 bits per heavy atom. The number of anilines is 2. The van der Waals surface area contributed by atoms with Gasteiger partial charge in [-0.25, -0.2) is 9.97 Å². The van der Waals surface area contributed by atoms with Gasteiger partial charge >= 0.3 is 0 Å². The van der Waals surface area contributed by atoms with Gasteiger partial charge in [-0.2, -0.15) is 0 Å². The molecule has 3 N–H and O–H groups in total. The molecule has 2 rings (SSSR count). The molecule has 1 aromatic carbocycles. The number of hydrogen-bond acceptors (Lipinski definition) is 6. The second-order valence-electron chi connectivity index (χ2n) is 3.79. The van der Waals surface area contributed by atoms with Crippen molar-refractivity contribution in [3.63, 3.8) is 0 Å². The lowest BCUT2D eigenvalue weighted by molar-refractivity contribution is 0.333. The summed E-state index contributed by atoms with van der Waals surface area (Å²) in [5, 5.41) is 4.12. The molecule has 0 aliphatic carbocycles. The quantitative estimate of drug-likeness (QED) is 0.365. The molecule has 2 aromatic rings. The van der Waals surface area contributed by atoms with Crippen LogP contribution >= 0.6 is 11.8 Å². The zero-order chi connectivity index (χ0) is 13.5. The molecule has 100 valence electrons. The average molecular weight is 276 g/mol. The Hall–Kier alpha value is -1.95. The molecule has 0 fully saturated rings. The SMILES string of the molecule is CSc1cc(NCCOc2cccc(N)c2)ncn1. The zero-order valence-corrected chi connectivity index (χ0v) is 11.5. The average Bonchev–Trinajstić information content (AvgIpc) is 2.44. The Morgan fingerprint density at radius 1 is 1.32 bits per heavy atom. The highest BCUT2D eigenvalue weighted by Gasteiger charge is 1.98. The van der Waals surface area contributed by atoms with Crippen LogP contribution in [0.1, 0.15) is 0 Å². The van der Waals surface area contributed by atoms with E-state index in [1.54, 1.807) is 24.2 Å². The van der Waals surface area contributed by atoms with E-state index in [4.69, 9.17) is 10.5 Å². The third-order valence-corrected chi connectivity index (χ3v) is 3.03. The molecular weight excluding hydrogens is 260 g/mol. The van der Waals surface area contributed by atoms with E-state index < -0.39 is 0 Å². The number of nitrogens with two attached hydrogens (primary N) is 1. The first kappa shape index (κ1) is 13.5. The first-order valence-corrected chi connectivity index (χ1v) is 7.08. The summed E-state index contributed by atoms with van der Waals surface area (Å²) in [5.74, 6) is 1.57. The highest BCUT2D eigenvalue weighted by atomic mass is 32.2. The maximum Gasteiger partial charge on any atom is 0.130 e. The first-order valence-electron chi connectivity index (χ1n) is 5.86. The van der Waals surface area contributed by atoms with Crippen molar-refractivity contribution in [2.24, 2.45) is 0 Å². The molecule has 5 nitrogen and oxygen atoms in total. The maximum atomic E-state index is 5.67. The summed E-state index contributed by atoms with van der Waals surface area (Å²) in [7, 11) is 0. The van der Waals surface area contributed by atoms with Gasteiger partial charge in [-0.3, -0.25) is 0 Å². The molecule has 0 radical (unpaired) electrons. The Balaban J connectivity index is 1.77. The second kappa shape index (κ2) is 6.84. The van der Waals surface area contributed by atoms with Crippen LogP contribution in [-0.4, -0.2) is 29.4 Å². The summed E-state index contributed by atoms with van der Waals surface area (Å²) in [4.78, 5) is 8.25. The fraction of sp³-hybridized carbons (Fsp3) is 0.231. The van der Waals surface area contributed by atoms with Crippen molar-refractivity contribution in [3.05, 3.63) is 36.7 Å². The van der Waals surface area contributed by atoms with E-state index in [0.29, 0.717) is 18.8 Å². The third-order valence-electron chi connectivity index (χ3n) is 2.39. The Bertz CT molecular complexity index is 536. The molecule has 0 amide bonds. The van der Waals surface area contributed by atoms with Crippen LogP contribution in [0.4, 0.5) is 11.5 Å². The van der Waals surface area contributed by atoms with Crippen LogP contribution in [-0.2, 0) is 0 Å². The van der Waals surface area contributed by atoms with Gasteiger partial charge in [0.25, 0.3) is 0 Å². The van der Waals surface area contributed by atoms with Gasteiger partial charge in [-0.1, -0.05) is 6.07 Å². The van der Waals surface area contributed by atoms with Gasteiger partial charge in [-0.05, 0) is 18.4 Å². The predicted octanol–water partition coefficient (Wildman–Crippen LogP) is 2.27. The molecule has 6 heteroatoms. The molecule has 0 aliphatic rings. The van der Waals surface area contributed by atoms with Crippen LogP contribution in [0.25, 0.3) is 0 Å². The summed E-state index contributed by atoms with van der Waals surface area (Å²) in [5.41, 5.74) is 6.37. The van der Waals surface area contributed by atoms with Crippen molar-refractivity contribution in [3.8, 4) is 5.75 Å². The van der Waals surface area contributed by atoms with E-state index in [0.717, 1.165) is 16.6 Å². The third kappa shape index (κ3) is 4.33. The van der Waals surface area contributed by atoms with Crippen molar-refractivity contribution < 1.29 is 4.74 Å². The van der Waals surface area contributed by atoms with Crippen molar-refractivity contribution in [1.29, 1.82) is 0 Å². The summed E-state index contributed by atoms with van der Waals surface area (Å²) >= 11 is 1.58. The van der Waals surface area contributed by atoms with Crippen LogP contribution in [0.2, 0.25) is 0 Å². The highest BCUT2D eigenvalue weighted by Crippen LogP contribution is 2.15. The van der Waals surface area contributed by atoms with Gasteiger partial charge in [0.15, 0.2) is 0 Å². The summed E-state index contributed by atoms with van der Waals surface area (Å²) in [6.07, 6.45) is 3.53.